The molecule has 5 nitrogen and oxygen atoms in total. The number of hydrogen-bond donors (Lipinski definition) is 1. The zero-order chi connectivity index (χ0) is 14.2. The number of carbonyl (C=O) groups is 1. The molecule has 104 valence electrons. The Labute approximate surface area is 112 Å². The standard InChI is InChI=1S/C14H19NO4/c1-9-7-11-12(19-6-5-18-11)8-10(9)15(4)13(16)14(2,3)17/h7-8,17H,5-6H2,1-4H3. The zero-order valence-corrected chi connectivity index (χ0v) is 11.7. The average molecular weight is 265 g/mol. The number of carbonyl (C=O) groups excluding carboxylic acids is 1. The highest BCUT2D eigenvalue weighted by molar-refractivity contribution is 5.99. The first-order chi connectivity index (χ1) is 8.80. The third kappa shape index (κ3) is 2.66. The Hall–Kier alpha value is -1.75. The van der Waals surface area contributed by atoms with E-state index in [1.54, 1.807) is 13.1 Å². The van der Waals surface area contributed by atoms with E-state index in [9.17, 15) is 9.90 Å². The number of benzene rings is 1. The van der Waals surface area contributed by atoms with Gasteiger partial charge in [0, 0.05) is 13.1 Å². The van der Waals surface area contributed by atoms with Crippen molar-refractivity contribution in [1.29, 1.82) is 0 Å². The van der Waals surface area contributed by atoms with Gasteiger partial charge in [0.05, 0.1) is 5.69 Å². The largest absolute Gasteiger partial charge is 0.486 e. The maximum absolute atomic E-state index is 12.1. The molecule has 1 aliphatic rings. The molecule has 0 atom stereocenters. The first-order valence-electron chi connectivity index (χ1n) is 6.21. The molecule has 1 amide bonds. The Bertz CT molecular complexity index is 505. The minimum atomic E-state index is -1.41. The van der Waals surface area contributed by atoms with Gasteiger partial charge in [0.15, 0.2) is 11.5 Å². The summed E-state index contributed by atoms with van der Waals surface area (Å²) in [7, 11) is 1.64. The van der Waals surface area contributed by atoms with Gasteiger partial charge in [-0.2, -0.15) is 0 Å². The van der Waals surface area contributed by atoms with Crippen LogP contribution in [0, 0.1) is 6.92 Å². The zero-order valence-electron chi connectivity index (χ0n) is 11.7. The number of nitrogens with zero attached hydrogens (tertiary/aromatic N) is 1. The molecule has 0 spiro atoms. The molecule has 1 heterocycles. The minimum Gasteiger partial charge on any atom is -0.486 e. The molecule has 19 heavy (non-hydrogen) atoms. The van der Waals surface area contributed by atoms with Crippen LogP contribution < -0.4 is 14.4 Å². The molecule has 1 N–H and O–H groups in total. The highest BCUT2D eigenvalue weighted by Crippen LogP contribution is 2.36. The van der Waals surface area contributed by atoms with Crippen LogP contribution in [0.25, 0.3) is 0 Å². The first-order valence-corrected chi connectivity index (χ1v) is 6.21. The Balaban J connectivity index is 2.37. The number of anilines is 1. The summed E-state index contributed by atoms with van der Waals surface area (Å²) < 4.78 is 11.0. The van der Waals surface area contributed by atoms with E-state index in [0.29, 0.717) is 30.4 Å². The molecule has 0 saturated heterocycles. The fourth-order valence-corrected chi connectivity index (χ4v) is 2.06. The lowest BCUT2D eigenvalue weighted by molar-refractivity contribution is -0.133. The van der Waals surface area contributed by atoms with Gasteiger partial charge in [0.25, 0.3) is 5.91 Å². The van der Waals surface area contributed by atoms with E-state index in [0.717, 1.165) is 5.56 Å². The van der Waals surface area contributed by atoms with Gasteiger partial charge < -0.3 is 19.5 Å². The smallest absolute Gasteiger partial charge is 0.258 e. The van der Waals surface area contributed by atoms with E-state index >= 15 is 0 Å². The molecule has 5 heteroatoms. The molecule has 0 aliphatic carbocycles. The number of fused-ring (bicyclic) bond motifs is 1. The Kier molecular flexibility index (Phi) is 3.41. The lowest BCUT2D eigenvalue weighted by Crippen LogP contribution is -2.43. The number of aliphatic hydroxyl groups is 1. The maximum atomic E-state index is 12.1. The third-order valence-corrected chi connectivity index (χ3v) is 3.05. The number of rotatable bonds is 2. The summed E-state index contributed by atoms with van der Waals surface area (Å²) >= 11 is 0. The van der Waals surface area contributed by atoms with Crippen LogP contribution in [0.5, 0.6) is 11.5 Å². The average Bonchev–Trinajstić information content (AvgIpc) is 2.35. The molecule has 0 saturated carbocycles. The van der Waals surface area contributed by atoms with Crippen molar-refractivity contribution in [3.8, 4) is 11.5 Å². The van der Waals surface area contributed by atoms with Crippen molar-refractivity contribution in [3.63, 3.8) is 0 Å². The molecule has 1 aromatic rings. The van der Waals surface area contributed by atoms with Crippen LogP contribution in [0.1, 0.15) is 19.4 Å². The highest BCUT2D eigenvalue weighted by atomic mass is 16.6. The van der Waals surface area contributed by atoms with Crippen molar-refractivity contribution in [2.45, 2.75) is 26.4 Å². The molecule has 0 unspecified atom stereocenters. The molecule has 0 aromatic heterocycles. The second-order valence-electron chi connectivity index (χ2n) is 5.21. The predicted molar refractivity (Wildman–Crippen MR) is 71.9 cm³/mol. The van der Waals surface area contributed by atoms with Gasteiger partial charge in [-0.3, -0.25) is 4.79 Å². The van der Waals surface area contributed by atoms with E-state index in [1.165, 1.54) is 18.7 Å². The van der Waals surface area contributed by atoms with Gasteiger partial charge in [-0.15, -0.1) is 0 Å². The number of hydrogen-bond acceptors (Lipinski definition) is 4. The van der Waals surface area contributed by atoms with Gasteiger partial charge in [-0.05, 0) is 32.4 Å². The summed E-state index contributed by atoms with van der Waals surface area (Å²) in [6.45, 7) is 5.86. The maximum Gasteiger partial charge on any atom is 0.258 e. The molecule has 1 aliphatic heterocycles. The summed E-state index contributed by atoms with van der Waals surface area (Å²) in [4.78, 5) is 13.5. The summed E-state index contributed by atoms with van der Waals surface area (Å²) in [5.41, 5.74) is 0.190. The lowest BCUT2D eigenvalue weighted by atomic mass is 10.1. The van der Waals surface area contributed by atoms with Gasteiger partial charge in [-0.1, -0.05) is 0 Å². The van der Waals surface area contributed by atoms with Crippen LogP contribution in [0.3, 0.4) is 0 Å². The summed E-state index contributed by atoms with van der Waals surface area (Å²) in [6.07, 6.45) is 0. The number of ether oxygens (including phenoxy) is 2. The number of amides is 1. The first kappa shape index (κ1) is 13.7. The minimum absolute atomic E-state index is 0.368. The summed E-state index contributed by atoms with van der Waals surface area (Å²) in [5.74, 6) is 0.950. The molecule has 1 aromatic carbocycles. The second kappa shape index (κ2) is 4.74. The Morgan fingerprint density at radius 1 is 1.26 bits per heavy atom. The monoisotopic (exact) mass is 265 g/mol. The number of aryl methyl sites for hydroxylation is 1. The van der Waals surface area contributed by atoms with Crippen molar-refractivity contribution in [3.05, 3.63) is 17.7 Å². The van der Waals surface area contributed by atoms with Crippen LogP contribution in [0.4, 0.5) is 5.69 Å². The van der Waals surface area contributed by atoms with Crippen LogP contribution >= 0.6 is 0 Å². The van der Waals surface area contributed by atoms with E-state index in [4.69, 9.17) is 9.47 Å². The topological polar surface area (TPSA) is 59.0 Å². The third-order valence-electron chi connectivity index (χ3n) is 3.05. The molecular formula is C14H19NO4. The van der Waals surface area contributed by atoms with Gasteiger partial charge in [-0.25, -0.2) is 0 Å². The van der Waals surface area contributed by atoms with E-state index < -0.39 is 5.60 Å². The molecule has 2 rings (SSSR count). The highest BCUT2D eigenvalue weighted by Gasteiger charge is 2.29. The van der Waals surface area contributed by atoms with Crippen molar-refractivity contribution < 1.29 is 19.4 Å². The Morgan fingerprint density at radius 2 is 1.79 bits per heavy atom. The fraction of sp³-hybridized carbons (Fsp3) is 0.500. The molecule has 0 radical (unpaired) electrons. The predicted octanol–water partition coefficient (Wildman–Crippen LogP) is 1.50. The quantitative estimate of drug-likeness (QED) is 0.880. The van der Waals surface area contributed by atoms with Crippen LogP contribution in [-0.2, 0) is 4.79 Å². The van der Waals surface area contributed by atoms with Gasteiger partial charge in [0.2, 0.25) is 0 Å². The van der Waals surface area contributed by atoms with Gasteiger partial charge in [0.1, 0.15) is 18.8 Å². The number of likely N-dealkylation sites (N-methyl/N-ethyl adjacent to an activating group) is 1. The molecular weight excluding hydrogens is 246 g/mol. The van der Waals surface area contributed by atoms with E-state index in [2.05, 4.69) is 0 Å². The van der Waals surface area contributed by atoms with Crippen LogP contribution in [0.2, 0.25) is 0 Å². The van der Waals surface area contributed by atoms with E-state index in [-0.39, 0.29) is 5.91 Å². The van der Waals surface area contributed by atoms with Crippen LogP contribution in [0.15, 0.2) is 12.1 Å². The van der Waals surface area contributed by atoms with Crippen molar-refractivity contribution in [1.82, 2.24) is 0 Å². The van der Waals surface area contributed by atoms with Crippen molar-refractivity contribution >= 4 is 11.6 Å². The second-order valence-corrected chi connectivity index (χ2v) is 5.21. The van der Waals surface area contributed by atoms with Gasteiger partial charge >= 0.3 is 0 Å². The van der Waals surface area contributed by atoms with Crippen LogP contribution in [-0.4, -0.2) is 36.9 Å². The lowest BCUT2D eigenvalue weighted by Gasteiger charge is -2.28. The summed E-state index contributed by atoms with van der Waals surface area (Å²) in [5, 5.41) is 9.80. The normalized spacial score (nSPS) is 14.2. The van der Waals surface area contributed by atoms with E-state index in [1.807, 2.05) is 13.0 Å². The van der Waals surface area contributed by atoms with Crippen molar-refractivity contribution in [2.75, 3.05) is 25.2 Å². The Morgan fingerprint density at radius 3 is 2.32 bits per heavy atom. The van der Waals surface area contributed by atoms with Crippen molar-refractivity contribution in [2.24, 2.45) is 0 Å². The molecule has 0 fully saturated rings. The summed E-state index contributed by atoms with van der Waals surface area (Å²) in [6, 6.07) is 3.62. The SMILES string of the molecule is Cc1cc2c(cc1N(C)C(=O)C(C)(C)O)OCCO2. The fourth-order valence-electron chi connectivity index (χ4n) is 2.06. The molecule has 0 bridgehead atoms.